The number of hydrogen-bond donors (Lipinski definition) is 1. The molecule has 3 rings (SSSR count). The Balaban J connectivity index is 1.80. The molecule has 3 heterocycles. The van der Waals surface area contributed by atoms with Gasteiger partial charge in [-0.05, 0) is 38.2 Å². The summed E-state index contributed by atoms with van der Waals surface area (Å²) in [6.45, 7) is 4.30. The molecule has 3 unspecified atom stereocenters. The van der Waals surface area contributed by atoms with Gasteiger partial charge in [0, 0.05) is 12.6 Å². The second-order valence-electron chi connectivity index (χ2n) is 6.42. The van der Waals surface area contributed by atoms with Crippen LogP contribution in [0, 0.1) is 5.41 Å². The highest BCUT2D eigenvalue weighted by Crippen LogP contribution is 2.49. The molecule has 0 amide bonds. The van der Waals surface area contributed by atoms with Gasteiger partial charge in [-0.15, -0.1) is 0 Å². The first kappa shape index (κ1) is 14.6. The minimum atomic E-state index is -0.768. The molecule has 0 radical (unpaired) electrons. The van der Waals surface area contributed by atoms with Crippen molar-refractivity contribution < 1.29 is 14.6 Å². The lowest BCUT2D eigenvalue weighted by Gasteiger charge is -2.30. The Morgan fingerprint density at radius 1 is 1.52 bits per heavy atom. The van der Waals surface area contributed by atoms with E-state index in [1.807, 2.05) is 16.9 Å². The predicted octanol–water partition coefficient (Wildman–Crippen LogP) is 2.81. The lowest BCUT2D eigenvalue weighted by Crippen LogP contribution is -2.42. The van der Waals surface area contributed by atoms with Crippen molar-refractivity contribution in [2.24, 2.45) is 5.41 Å². The third-order valence-electron chi connectivity index (χ3n) is 5.22. The van der Waals surface area contributed by atoms with Crippen molar-refractivity contribution in [2.75, 3.05) is 0 Å². The Kier molecular flexibility index (Phi) is 3.78. The average molecular weight is 292 g/mol. The van der Waals surface area contributed by atoms with E-state index >= 15 is 0 Å². The fraction of sp³-hybridized carbons (Fsp3) is 0.750. The van der Waals surface area contributed by atoms with Crippen LogP contribution in [0.25, 0.3) is 0 Å². The Morgan fingerprint density at radius 2 is 2.29 bits per heavy atom. The normalized spacial score (nSPS) is 31.2. The molecule has 0 saturated carbocycles. The minimum absolute atomic E-state index is 0.132. The zero-order valence-corrected chi connectivity index (χ0v) is 12.8. The SMILES string of the molecule is CCC(CC)n1ccc(CC2(C(=O)O)CC3CCC2O3)n1. The maximum absolute atomic E-state index is 11.9. The summed E-state index contributed by atoms with van der Waals surface area (Å²) in [5, 5.41) is 14.4. The first-order chi connectivity index (χ1) is 10.1. The average Bonchev–Trinajstić information content (AvgIpc) is 3.16. The van der Waals surface area contributed by atoms with Crippen LogP contribution in [0.1, 0.15) is 57.7 Å². The third-order valence-corrected chi connectivity index (χ3v) is 5.22. The third kappa shape index (κ3) is 2.37. The van der Waals surface area contributed by atoms with Crippen LogP contribution < -0.4 is 0 Å². The molecule has 2 saturated heterocycles. The van der Waals surface area contributed by atoms with E-state index in [1.54, 1.807) is 0 Å². The predicted molar refractivity (Wildman–Crippen MR) is 78.1 cm³/mol. The standard InChI is InChI=1S/C16H24N2O3/c1-3-12(4-2)18-8-7-11(17-18)9-16(15(19)20)10-13-5-6-14(16)21-13/h7-8,12-14H,3-6,9-10H2,1-2H3,(H,19,20). The second kappa shape index (κ2) is 5.44. The fourth-order valence-electron chi connectivity index (χ4n) is 3.95. The van der Waals surface area contributed by atoms with Gasteiger partial charge < -0.3 is 9.84 Å². The molecule has 116 valence electrons. The number of carbonyl (C=O) groups is 1. The van der Waals surface area contributed by atoms with E-state index in [1.165, 1.54) is 0 Å². The van der Waals surface area contributed by atoms with Gasteiger partial charge in [-0.2, -0.15) is 5.10 Å². The summed E-state index contributed by atoms with van der Waals surface area (Å²) in [6, 6.07) is 2.37. The molecule has 2 aliphatic heterocycles. The van der Waals surface area contributed by atoms with Crippen LogP contribution >= 0.6 is 0 Å². The zero-order chi connectivity index (χ0) is 15.0. The molecule has 3 atom stereocenters. The summed E-state index contributed by atoms with van der Waals surface area (Å²) in [7, 11) is 0. The van der Waals surface area contributed by atoms with Gasteiger partial charge in [0.2, 0.25) is 0 Å². The van der Waals surface area contributed by atoms with Crippen molar-refractivity contribution in [1.29, 1.82) is 0 Å². The van der Waals surface area contributed by atoms with Gasteiger partial charge in [0.1, 0.15) is 5.41 Å². The number of carboxylic acids is 1. The molecule has 5 heteroatoms. The highest BCUT2D eigenvalue weighted by atomic mass is 16.5. The molecule has 0 aromatic carbocycles. The first-order valence-corrected chi connectivity index (χ1v) is 8.02. The van der Waals surface area contributed by atoms with Gasteiger partial charge in [-0.3, -0.25) is 9.48 Å². The molecular weight excluding hydrogens is 268 g/mol. The Labute approximate surface area is 125 Å². The van der Waals surface area contributed by atoms with Gasteiger partial charge >= 0.3 is 5.97 Å². The number of aromatic nitrogens is 2. The number of ether oxygens (including phenoxy) is 1. The molecule has 2 bridgehead atoms. The van der Waals surface area contributed by atoms with Crippen molar-refractivity contribution in [3.05, 3.63) is 18.0 Å². The van der Waals surface area contributed by atoms with Gasteiger partial charge in [0.25, 0.3) is 0 Å². The van der Waals surface area contributed by atoms with Crippen LogP contribution in [0.2, 0.25) is 0 Å². The molecular formula is C16H24N2O3. The van der Waals surface area contributed by atoms with Crippen LogP contribution in [-0.2, 0) is 16.0 Å². The Bertz CT molecular complexity index is 523. The Morgan fingerprint density at radius 3 is 2.81 bits per heavy atom. The van der Waals surface area contributed by atoms with Gasteiger partial charge in [-0.1, -0.05) is 13.8 Å². The largest absolute Gasteiger partial charge is 0.481 e. The van der Waals surface area contributed by atoms with Gasteiger partial charge in [0.05, 0.1) is 23.9 Å². The number of fused-ring (bicyclic) bond motifs is 2. The fourth-order valence-corrected chi connectivity index (χ4v) is 3.95. The van der Waals surface area contributed by atoms with Crippen molar-refractivity contribution in [1.82, 2.24) is 9.78 Å². The van der Waals surface area contributed by atoms with Crippen LogP contribution in [0.3, 0.4) is 0 Å². The topological polar surface area (TPSA) is 64.4 Å². The molecule has 1 aromatic heterocycles. The van der Waals surface area contributed by atoms with Crippen LogP contribution in [0.4, 0.5) is 0 Å². The summed E-state index contributed by atoms with van der Waals surface area (Å²) in [4.78, 5) is 11.9. The highest BCUT2D eigenvalue weighted by molar-refractivity contribution is 5.76. The van der Waals surface area contributed by atoms with E-state index in [0.29, 0.717) is 18.9 Å². The molecule has 21 heavy (non-hydrogen) atoms. The first-order valence-electron chi connectivity index (χ1n) is 8.02. The molecule has 0 spiro atoms. The highest BCUT2D eigenvalue weighted by Gasteiger charge is 2.57. The van der Waals surface area contributed by atoms with Gasteiger partial charge in [0.15, 0.2) is 0 Å². The Hall–Kier alpha value is -1.36. The number of hydrogen-bond acceptors (Lipinski definition) is 3. The summed E-state index contributed by atoms with van der Waals surface area (Å²) in [6.07, 6.45) is 7.03. The van der Waals surface area contributed by atoms with E-state index < -0.39 is 11.4 Å². The molecule has 1 aromatic rings. The number of nitrogens with zero attached hydrogens (tertiary/aromatic N) is 2. The van der Waals surface area contributed by atoms with Crippen molar-refractivity contribution in [3.63, 3.8) is 0 Å². The lowest BCUT2D eigenvalue weighted by molar-refractivity contribution is -0.152. The monoisotopic (exact) mass is 292 g/mol. The second-order valence-corrected chi connectivity index (χ2v) is 6.42. The maximum Gasteiger partial charge on any atom is 0.312 e. The molecule has 2 aliphatic rings. The smallest absolute Gasteiger partial charge is 0.312 e. The summed E-state index contributed by atoms with van der Waals surface area (Å²) >= 11 is 0. The number of aliphatic carboxylic acids is 1. The molecule has 0 aliphatic carbocycles. The van der Waals surface area contributed by atoms with E-state index in [2.05, 4.69) is 18.9 Å². The lowest BCUT2D eigenvalue weighted by atomic mass is 9.71. The number of rotatable bonds is 6. The number of carboxylic acid groups (broad SMARTS) is 1. The van der Waals surface area contributed by atoms with Crippen LogP contribution in [0.5, 0.6) is 0 Å². The quantitative estimate of drug-likeness (QED) is 0.875. The van der Waals surface area contributed by atoms with Crippen molar-refractivity contribution >= 4 is 5.97 Å². The molecule has 5 nitrogen and oxygen atoms in total. The van der Waals surface area contributed by atoms with Crippen LogP contribution in [-0.4, -0.2) is 33.1 Å². The van der Waals surface area contributed by atoms with E-state index in [4.69, 9.17) is 4.74 Å². The van der Waals surface area contributed by atoms with E-state index in [-0.39, 0.29) is 12.2 Å². The maximum atomic E-state index is 11.9. The summed E-state index contributed by atoms with van der Waals surface area (Å²) in [5.74, 6) is -0.730. The van der Waals surface area contributed by atoms with E-state index in [0.717, 1.165) is 31.4 Å². The van der Waals surface area contributed by atoms with Gasteiger partial charge in [-0.25, -0.2) is 0 Å². The van der Waals surface area contributed by atoms with Crippen LogP contribution in [0.15, 0.2) is 12.3 Å². The van der Waals surface area contributed by atoms with Crippen molar-refractivity contribution in [2.45, 2.75) is 70.6 Å². The van der Waals surface area contributed by atoms with E-state index in [9.17, 15) is 9.90 Å². The minimum Gasteiger partial charge on any atom is -0.481 e. The summed E-state index contributed by atoms with van der Waals surface area (Å²) in [5.41, 5.74) is 0.108. The molecule has 1 N–H and O–H groups in total. The molecule has 2 fully saturated rings. The van der Waals surface area contributed by atoms with Crippen molar-refractivity contribution in [3.8, 4) is 0 Å². The summed E-state index contributed by atoms with van der Waals surface area (Å²) < 4.78 is 7.79. The zero-order valence-electron chi connectivity index (χ0n) is 12.8.